The number of pyridine rings is 1. The van der Waals surface area contributed by atoms with Crippen molar-refractivity contribution in [2.24, 2.45) is 0 Å². The van der Waals surface area contributed by atoms with E-state index >= 15 is 0 Å². The molecule has 0 aromatic carbocycles. The molecule has 2 aromatic heterocycles. The van der Waals surface area contributed by atoms with Gasteiger partial charge in [0, 0.05) is 17.1 Å². The fourth-order valence-electron chi connectivity index (χ4n) is 1.30. The molecule has 0 bridgehead atoms. The molecule has 2 heterocycles. The predicted octanol–water partition coefficient (Wildman–Crippen LogP) is 2.92. The Kier molecular flexibility index (Phi) is 3.04. The number of carboxylic acids is 1. The van der Waals surface area contributed by atoms with Crippen LogP contribution in [0, 0.1) is 0 Å². The summed E-state index contributed by atoms with van der Waals surface area (Å²) in [5, 5.41) is 9.85. The Hall–Kier alpha value is -1.96. The van der Waals surface area contributed by atoms with E-state index in [1.54, 1.807) is 0 Å². The predicted molar refractivity (Wildman–Crippen MR) is 57.3 cm³/mol. The third-order valence-corrected chi connectivity index (χ3v) is 2.91. The molecule has 0 aliphatic carbocycles. The van der Waals surface area contributed by atoms with Crippen molar-refractivity contribution >= 4 is 17.3 Å². The number of halogens is 3. The van der Waals surface area contributed by atoms with Crippen LogP contribution in [0.2, 0.25) is 0 Å². The second kappa shape index (κ2) is 4.37. The maximum absolute atomic E-state index is 12.7. The van der Waals surface area contributed by atoms with E-state index in [0.29, 0.717) is 0 Å². The van der Waals surface area contributed by atoms with Gasteiger partial charge >= 0.3 is 12.1 Å². The van der Waals surface area contributed by atoms with Crippen molar-refractivity contribution in [2.75, 3.05) is 0 Å². The van der Waals surface area contributed by atoms with E-state index in [0.717, 1.165) is 17.5 Å². The number of carbonyl (C=O) groups is 1. The van der Waals surface area contributed by atoms with E-state index in [4.69, 9.17) is 5.11 Å². The average molecular weight is 274 g/mol. The standard InChI is InChI=1S/C10H5F3N2O2S/c11-10(12,13)7-5(2-1-3-14-7)8-15-6(4-18-8)9(16)17/h1-4H,(H,16,17). The highest BCUT2D eigenvalue weighted by Crippen LogP contribution is 2.36. The monoisotopic (exact) mass is 274 g/mol. The second-order valence-corrected chi connectivity index (χ2v) is 4.10. The first-order chi connectivity index (χ1) is 8.39. The maximum atomic E-state index is 12.7. The molecule has 0 unspecified atom stereocenters. The van der Waals surface area contributed by atoms with E-state index in [1.807, 2.05) is 0 Å². The van der Waals surface area contributed by atoms with Crippen molar-refractivity contribution < 1.29 is 23.1 Å². The van der Waals surface area contributed by atoms with Gasteiger partial charge in [0.15, 0.2) is 11.4 Å². The fourth-order valence-corrected chi connectivity index (χ4v) is 2.12. The van der Waals surface area contributed by atoms with Gasteiger partial charge in [-0.1, -0.05) is 0 Å². The van der Waals surface area contributed by atoms with Crippen LogP contribution in [-0.4, -0.2) is 21.0 Å². The Bertz CT molecular complexity index is 595. The van der Waals surface area contributed by atoms with Crippen LogP contribution in [0.5, 0.6) is 0 Å². The zero-order valence-electron chi connectivity index (χ0n) is 8.60. The van der Waals surface area contributed by atoms with Crippen molar-refractivity contribution in [1.82, 2.24) is 9.97 Å². The van der Waals surface area contributed by atoms with Gasteiger partial charge in [0.2, 0.25) is 0 Å². The van der Waals surface area contributed by atoms with Gasteiger partial charge in [-0.15, -0.1) is 11.3 Å². The highest BCUT2D eigenvalue weighted by molar-refractivity contribution is 7.13. The lowest BCUT2D eigenvalue weighted by atomic mass is 10.2. The minimum Gasteiger partial charge on any atom is -0.476 e. The molecule has 0 fully saturated rings. The summed E-state index contributed by atoms with van der Waals surface area (Å²) in [6.07, 6.45) is -3.58. The van der Waals surface area contributed by atoms with Crippen LogP contribution >= 0.6 is 11.3 Å². The van der Waals surface area contributed by atoms with Crippen LogP contribution in [0.1, 0.15) is 16.2 Å². The largest absolute Gasteiger partial charge is 0.476 e. The van der Waals surface area contributed by atoms with Crippen LogP contribution in [0.15, 0.2) is 23.7 Å². The quantitative estimate of drug-likeness (QED) is 0.914. The molecule has 8 heteroatoms. The zero-order chi connectivity index (χ0) is 13.3. The van der Waals surface area contributed by atoms with Crippen LogP contribution < -0.4 is 0 Å². The molecular formula is C10H5F3N2O2S. The number of aromatic carboxylic acids is 1. The first-order valence-corrected chi connectivity index (χ1v) is 5.49. The van der Waals surface area contributed by atoms with E-state index in [2.05, 4.69) is 9.97 Å². The summed E-state index contributed by atoms with van der Waals surface area (Å²) in [6.45, 7) is 0. The number of thiazole rings is 1. The van der Waals surface area contributed by atoms with Crippen molar-refractivity contribution in [3.8, 4) is 10.6 Å². The smallest absolute Gasteiger partial charge is 0.434 e. The Morgan fingerprint density at radius 1 is 1.39 bits per heavy atom. The maximum Gasteiger partial charge on any atom is 0.434 e. The molecule has 94 valence electrons. The molecule has 0 aliphatic heterocycles. The molecule has 0 amide bonds. The summed E-state index contributed by atoms with van der Waals surface area (Å²) in [5.41, 5.74) is -1.58. The molecule has 4 nitrogen and oxygen atoms in total. The minimum absolute atomic E-state index is 0.0205. The highest BCUT2D eigenvalue weighted by Gasteiger charge is 2.36. The summed E-state index contributed by atoms with van der Waals surface area (Å²) < 4.78 is 38.1. The first kappa shape index (κ1) is 12.5. The van der Waals surface area contributed by atoms with Gasteiger partial charge in [0.25, 0.3) is 0 Å². The van der Waals surface area contributed by atoms with Crippen LogP contribution in [0.4, 0.5) is 13.2 Å². The number of hydrogen-bond acceptors (Lipinski definition) is 4. The molecule has 0 radical (unpaired) electrons. The molecule has 0 saturated carbocycles. The van der Waals surface area contributed by atoms with Crippen molar-refractivity contribution in [3.05, 3.63) is 35.1 Å². The van der Waals surface area contributed by atoms with E-state index in [-0.39, 0.29) is 16.3 Å². The third-order valence-electron chi connectivity index (χ3n) is 2.03. The van der Waals surface area contributed by atoms with Gasteiger partial charge in [-0.05, 0) is 12.1 Å². The average Bonchev–Trinajstić information content (AvgIpc) is 2.77. The number of hydrogen-bond donors (Lipinski definition) is 1. The third kappa shape index (κ3) is 2.33. The molecule has 0 spiro atoms. The first-order valence-electron chi connectivity index (χ1n) is 4.61. The van der Waals surface area contributed by atoms with E-state index in [1.165, 1.54) is 17.5 Å². The Labute approximate surface area is 103 Å². The summed E-state index contributed by atoms with van der Waals surface area (Å²) in [4.78, 5) is 17.5. The normalized spacial score (nSPS) is 11.5. The summed E-state index contributed by atoms with van der Waals surface area (Å²) in [7, 11) is 0. The molecule has 2 rings (SSSR count). The zero-order valence-corrected chi connectivity index (χ0v) is 9.42. The van der Waals surface area contributed by atoms with Crippen molar-refractivity contribution in [3.63, 3.8) is 0 Å². The lowest BCUT2D eigenvalue weighted by Gasteiger charge is -2.08. The van der Waals surface area contributed by atoms with E-state index < -0.39 is 17.8 Å². The molecular weight excluding hydrogens is 269 g/mol. The van der Waals surface area contributed by atoms with Crippen molar-refractivity contribution in [2.45, 2.75) is 6.18 Å². The number of carboxylic acid groups (broad SMARTS) is 1. The number of nitrogens with zero attached hydrogens (tertiary/aromatic N) is 2. The Morgan fingerprint density at radius 2 is 2.11 bits per heavy atom. The molecule has 2 aromatic rings. The van der Waals surface area contributed by atoms with Crippen LogP contribution in [0.3, 0.4) is 0 Å². The number of aromatic nitrogens is 2. The van der Waals surface area contributed by atoms with E-state index in [9.17, 15) is 18.0 Å². The Balaban J connectivity index is 2.53. The van der Waals surface area contributed by atoms with Gasteiger partial charge in [0.1, 0.15) is 5.01 Å². The van der Waals surface area contributed by atoms with Crippen LogP contribution in [-0.2, 0) is 6.18 Å². The van der Waals surface area contributed by atoms with Crippen molar-refractivity contribution in [1.29, 1.82) is 0 Å². The van der Waals surface area contributed by atoms with Gasteiger partial charge < -0.3 is 5.11 Å². The van der Waals surface area contributed by atoms with Gasteiger partial charge in [-0.2, -0.15) is 13.2 Å². The summed E-state index contributed by atoms with van der Waals surface area (Å²) in [6, 6.07) is 2.55. The van der Waals surface area contributed by atoms with Gasteiger partial charge in [0.05, 0.1) is 0 Å². The Morgan fingerprint density at radius 3 is 2.67 bits per heavy atom. The molecule has 0 saturated heterocycles. The lowest BCUT2D eigenvalue weighted by Crippen LogP contribution is -2.09. The lowest BCUT2D eigenvalue weighted by molar-refractivity contribution is -0.140. The summed E-state index contributed by atoms with van der Waals surface area (Å²) in [5.74, 6) is -1.28. The van der Waals surface area contributed by atoms with Gasteiger partial charge in [-0.3, -0.25) is 4.98 Å². The highest BCUT2D eigenvalue weighted by atomic mass is 32.1. The second-order valence-electron chi connectivity index (χ2n) is 3.24. The van der Waals surface area contributed by atoms with Gasteiger partial charge in [-0.25, -0.2) is 9.78 Å². The van der Waals surface area contributed by atoms with Crippen LogP contribution in [0.25, 0.3) is 10.6 Å². The molecule has 0 atom stereocenters. The molecule has 1 N–H and O–H groups in total. The molecule has 0 aliphatic rings. The number of alkyl halides is 3. The number of rotatable bonds is 2. The minimum atomic E-state index is -4.61. The molecule has 18 heavy (non-hydrogen) atoms. The SMILES string of the molecule is O=C(O)c1csc(-c2cccnc2C(F)(F)F)n1. The fraction of sp³-hybridized carbons (Fsp3) is 0.100. The summed E-state index contributed by atoms with van der Waals surface area (Å²) >= 11 is 0.829. The topological polar surface area (TPSA) is 63.1 Å².